The molecule has 0 N–H and O–H groups in total. The number of aryl methyl sites for hydroxylation is 1. The van der Waals surface area contributed by atoms with E-state index in [1.165, 1.54) is 12.1 Å². The molecule has 1 atom stereocenters. The van der Waals surface area contributed by atoms with Gasteiger partial charge in [0.15, 0.2) is 0 Å². The lowest BCUT2D eigenvalue weighted by Crippen LogP contribution is -2.30. The summed E-state index contributed by atoms with van der Waals surface area (Å²) in [6.45, 7) is 0.450. The molecule has 1 amide bonds. The number of rotatable bonds is 4. The fraction of sp³-hybridized carbons (Fsp3) is 0.160. The van der Waals surface area contributed by atoms with Crippen molar-refractivity contribution in [2.75, 3.05) is 12.4 Å². The highest BCUT2D eigenvalue weighted by Gasteiger charge is 2.40. The molecule has 0 radical (unpaired) electrons. The van der Waals surface area contributed by atoms with Gasteiger partial charge in [-0.3, -0.25) is 4.79 Å². The monoisotopic (exact) mass is 418 g/mol. The zero-order valence-corrected chi connectivity index (χ0v) is 17.2. The first-order valence-corrected chi connectivity index (χ1v) is 10.4. The third-order valence-electron chi connectivity index (χ3n) is 5.92. The molecule has 1 aromatic heterocycles. The van der Waals surface area contributed by atoms with Gasteiger partial charge in [0.2, 0.25) is 0 Å². The molecule has 1 aliphatic heterocycles. The Bertz CT molecular complexity index is 1260. The van der Waals surface area contributed by atoms with Crippen molar-refractivity contribution in [2.24, 2.45) is 7.05 Å². The normalized spacial score (nSPS) is 15.8. The summed E-state index contributed by atoms with van der Waals surface area (Å²) in [4.78, 5) is 15.1. The van der Waals surface area contributed by atoms with Crippen LogP contribution >= 0.6 is 11.6 Å². The Hall–Kier alpha value is -3.11. The minimum Gasteiger partial charge on any atom is -0.343 e. The number of carbonyl (C=O) groups excluding carboxylic acids is 1. The van der Waals surface area contributed by atoms with E-state index in [2.05, 4.69) is 16.7 Å². The summed E-state index contributed by atoms with van der Waals surface area (Å²) in [5.74, 6) is 0.0748. The number of benzene rings is 3. The molecular formula is C25H20ClFN2O. The van der Waals surface area contributed by atoms with Gasteiger partial charge in [-0.2, -0.15) is 0 Å². The van der Waals surface area contributed by atoms with Crippen molar-refractivity contribution in [2.45, 2.75) is 6.04 Å². The van der Waals surface area contributed by atoms with Crippen molar-refractivity contribution in [3.8, 4) is 11.3 Å². The summed E-state index contributed by atoms with van der Waals surface area (Å²) in [6, 6.07) is 22.2. The fourth-order valence-corrected chi connectivity index (χ4v) is 4.84. The van der Waals surface area contributed by atoms with Crippen LogP contribution in [0.3, 0.4) is 0 Å². The Morgan fingerprint density at radius 2 is 1.67 bits per heavy atom. The fourth-order valence-electron chi connectivity index (χ4n) is 4.66. The van der Waals surface area contributed by atoms with E-state index in [-0.39, 0.29) is 17.8 Å². The van der Waals surface area contributed by atoms with E-state index in [0.717, 1.165) is 33.3 Å². The molecule has 5 heteroatoms. The number of nitrogens with zero attached hydrogens (tertiary/aromatic N) is 2. The number of carbonyl (C=O) groups is 1. The van der Waals surface area contributed by atoms with E-state index >= 15 is 0 Å². The van der Waals surface area contributed by atoms with Crippen molar-refractivity contribution in [3.63, 3.8) is 0 Å². The van der Waals surface area contributed by atoms with Crippen LogP contribution < -0.4 is 0 Å². The lowest BCUT2D eigenvalue weighted by molar-refractivity contribution is 0.0762. The molecule has 0 bridgehead atoms. The van der Waals surface area contributed by atoms with Gasteiger partial charge < -0.3 is 9.47 Å². The molecule has 1 aliphatic rings. The average molecular weight is 419 g/mol. The summed E-state index contributed by atoms with van der Waals surface area (Å²) in [7, 11) is 2.01. The Balaban J connectivity index is 1.85. The zero-order chi connectivity index (χ0) is 20.8. The highest BCUT2D eigenvalue weighted by atomic mass is 35.5. The van der Waals surface area contributed by atoms with Crippen LogP contribution in [0.2, 0.25) is 0 Å². The smallest absolute Gasteiger partial charge is 0.255 e. The number of aromatic nitrogens is 1. The molecule has 0 fully saturated rings. The summed E-state index contributed by atoms with van der Waals surface area (Å²) < 4.78 is 15.8. The Morgan fingerprint density at radius 1 is 0.967 bits per heavy atom. The number of hydrogen-bond donors (Lipinski definition) is 0. The van der Waals surface area contributed by atoms with E-state index in [4.69, 9.17) is 11.6 Å². The van der Waals surface area contributed by atoms with Crippen molar-refractivity contribution in [1.29, 1.82) is 0 Å². The molecule has 2 heterocycles. The maximum Gasteiger partial charge on any atom is 0.255 e. The van der Waals surface area contributed by atoms with Crippen molar-refractivity contribution < 1.29 is 9.18 Å². The first-order valence-electron chi connectivity index (χ1n) is 9.91. The largest absolute Gasteiger partial charge is 0.343 e. The lowest BCUT2D eigenvalue weighted by Gasteiger charge is -2.26. The van der Waals surface area contributed by atoms with Gasteiger partial charge in [-0.15, -0.1) is 11.6 Å². The molecule has 3 aromatic carbocycles. The number of halogens is 2. The van der Waals surface area contributed by atoms with Gasteiger partial charge in [0, 0.05) is 41.5 Å². The van der Waals surface area contributed by atoms with Crippen molar-refractivity contribution in [3.05, 3.63) is 95.3 Å². The van der Waals surface area contributed by atoms with Gasteiger partial charge >= 0.3 is 0 Å². The van der Waals surface area contributed by atoms with Gasteiger partial charge in [0.25, 0.3) is 5.91 Å². The molecule has 150 valence electrons. The molecule has 0 saturated carbocycles. The quantitative estimate of drug-likeness (QED) is 0.386. The lowest BCUT2D eigenvalue weighted by atomic mass is 9.93. The molecule has 30 heavy (non-hydrogen) atoms. The molecule has 0 spiro atoms. The summed E-state index contributed by atoms with van der Waals surface area (Å²) >= 11 is 6.10. The van der Waals surface area contributed by atoms with Gasteiger partial charge in [-0.25, -0.2) is 4.39 Å². The third-order valence-corrected chi connectivity index (χ3v) is 6.09. The highest BCUT2D eigenvalue weighted by molar-refractivity contribution is 6.18. The average Bonchev–Trinajstić information content (AvgIpc) is 3.21. The van der Waals surface area contributed by atoms with Gasteiger partial charge in [-0.1, -0.05) is 36.4 Å². The molecule has 0 unspecified atom stereocenters. The van der Waals surface area contributed by atoms with Crippen LogP contribution in [0.4, 0.5) is 4.39 Å². The number of hydrogen-bond acceptors (Lipinski definition) is 1. The molecule has 0 saturated heterocycles. The maximum atomic E-state index is 13.6. The zero-order valence-electron chi connectivity index (χ0n) is 16.5. The Labute approximate surface area is 179 Å². The van der Waals surface area contributed by atoms with Crippen LogP contribution in [0.5, 0.6) is 0 Å². The number of para-hydroxylation sites is 1. The highest BCUT2D eigenvalue weighted by Crippen LogP contribution is 2.46. The Morgan fingerprint density at radius 3 is 2.43 bits per heavy atom. The number of amides is 1. The van der Waals surface area contributed by atoms with Crippen LogP contribution in [0.15, 0.2) is 72.8 Å². The van der Waals surface area contributed by atoms with Gasteiger partial charge in [0.05, 0.1) is 11.7 Å². The summed E-state index contributed by atoms with van der Waals surface area (Å²) in [6.07, 6.45) is 0. The summed E-state index contributed by atoms with van der Waals surface area (Å²) in [5, 5.41) is 1.08. The summed E-state index contributed by atoms with van der Waals surface area (Å²) in [5.41, 5.74) is 5.69. The molecular weight excluding hydrogens is 399 g/mol. The van der Waals surface area contributed by atoms with Crippen LogP contribution in [0.25, 0.3) is 22.2 Å². The van der Waals surface area contributed by atoms with E-state index in [9.17, 15) is 9.18 Å². The van der Waals surface area contributed by atoms with Crippen molar-refractivity contribution >= 4 is 28.4 Å². The van der Waals surface area contributed by atoms with Crippen LogP contribution in [0, 0.1) is 5.82 Å². The van der Waals surface area contributed by atoms with E-state index in [1.807, 2.05) is 48.3 Å². The topological polar surface area (TPSA) is 25.2 Å². The minimum absolute atomic E-state index is 0.00533. The first kappa shape index (κ1) is 18.9. The number of fused-ring (bicyclic) bond motifs is 2. The third kappa shape index (κ3) is 2.75. The first-order chi connectivity index (χ1) is 14.6. The van der Waals surface area contributed by atoms with Crippen LogP contribution in [0.1, 0.15) is 27.5 Å². The van der Waals surface area contributed by atoms with Gasteiger partial charge in [-0.05, 0) is 47.5 Å². The van der Waals surface area contributed by atoms with E-state index in [0.29, 0.717) is 18.0 Å². The van der Waals surface area contributed by atoms with E-state index < -0.39 is 0 Å². The molecule has 3 nitrogen and oxygen atoms in total. The molecule has 0 aliphatic carbocycles. The predicted molar refractivity (Wildman–Crippen MR) is 118 cm³/mol. The standard InChI is InChI=1S/C25H20ClFN2O/c1-28-21-9-5-4-8-20(21)22(23(28)16-10-12-17(27)13-11-16)24-18-6-2-3-7-19(18)25(30)29(24)15-14-26/h2-13,24H,14-15H2,1H3/t24-/m0/s1. The SMILES string of the molecule is Cn1c(-c2ccc(F)cc2)c([C@@H]2c3ccccc3C(=O)N2CCCl)c2ccccc21. The Kier molecular flexibility index (Phi) is 4.59. The van der Waals surface area contributed by atoms with E-state index in [1.54, 1.807) is 12.1 Å². The molecule has 5 rings (SSSR count). The predicted octanol–water partition coefficient (Wildman–Crippen LogP) is 5.77. The maximum absolute atomic E-state index is 13.6. The second kappa shape index (κ2) is 7.29. The second-order valence-corrected chi connectivity index (χ2v) is 7.90. The minimum atomic E-state index is -0.274. The molecule has 4 aromatic rings. The van der Waals surface area contributed by atoms with Crippen molar-refractivity contribution in [1.82, 2.24) is 9.47 Å². The van der Waals surface area contributed by atoms with Gasteiger partial charge in [0.1, 0.15) is 5.82 Å². The van der Waals surface area contributed by atoms with Crippen LogP contribution in [-0.2, 0) is 7.05 Å². The second-order valence-electron chi connectivity index (χ2n) is 7.52. The van der Waals surface area contributed by atoms with Crippen LogP contribution in [-0.4, -0.2) is 27.8 Å². The number of alkyl halides is 1.